The summed E-state index contributed by atoms with van der Waals surface area (Å²) in [4.78, 5) is 18.2. The van der Waals surface area contributed by atoms with Gasteiger partial charge in [-0.2, -0.15) is 10.5 Å². The Bertz CT molecular complexity index is 327. The number of nitrogens with one attached hydrogen (secondary N) is 2. The molecule has 2 saturated heterocycles. The highest BCUT2D eigenvalue weighted by Crippen LogP contribution is 1.97. The second-order valence-electron chi connectivity index (χ2n) is 3.46. The fourth-order valence-corrected chi connectivity index (χ4v) is 0.798. The van der Waals surface area contributed by atoms with Crippen molar-refractivity contribution in [3.63, 3.8) is 0 Å². The summed E-state index contributed by atoms with van der Waals surface area (Å²) >= 11 is 0. The number of hydrogen-bond acceptors (Lipinski definition) is 6. The van der Waals surface area contributed by atoms with E-state index in [1.165, 1.54) is 0 Å². The molecule has 0 radical (unpaired) electrons. The summed E-state index contributed by atoms with van der Waals surface area (Å²) in [6, 6.07) is 4.52. The number of nitriles is 2. The Labute approximate surface area is 104 Å². The second kappa shape index (κ2) is 8.93. The van der Waals surface area contributed by atoms with Gasteiger partial charge in [0.1, 0.15) is 0 Å². The third kappa shape index (κ3) is 7.17. The van der Waals surface area contributed by atoms with Crippen LogP contribution in [-0.4, -0.2) is 47.3 Å². The summed E-state index contributed by atoms with van der Waals surface area (Å²) in [6.07, 6.45) is 2.08. The molecule has 4 N–H and O–H groups in total. The van der Waals surface area contributed by atoms with Crippen LogP contribution in [0.4, 0.5) is 0 Å². The summed E-state index contributed by atoms with van der Waals surface area (Å²) in [7, 11) is 0. The van der Waals surface area contributed by atoms with E-state index in [-0.39, 0.29) is 12.1 Å². The van der Waals surface area contributed by atoms with Crippen molar-refractivity contribution < 1.29 is 19.8 Å². The van der Waals surface area contributed by atoms with Gasteiger partial charge in [-0.3, -0.25) is 0 Å². The van der Waals surface area contributed by atoms with Crippen LogP contribution in [0.5, 0.6) is 0 Å². The normalized spacial score (nSPS) is 23.0. The molecule has 2 fully saturated rings. The van der Waals surface area contributed by atoms with Crippen molar-refractivity contribution in [3.05, 3.63) is 0 Å². The number of rotatable bonds is 0. The van der Waals surface area contributed by atoms with Gasteiger partial charge < -0.3 is 20.8 Å². The van der Waals surface area contributed by atoms with Crippen molar-refractivity contribution in [3.8, 4) is 12.1 Å². The van der Waals surface area contributed by atoms with E-state index >= 15 is 0 Å². The molecule has 2 atom stereocenters. The lowest BCUT2D eigenvalue weighted by atomic mass is 10.1. The molecule has 18 heavy (non-hydrogen) atoms. The quantitative estimate of drug-likeness (QED) is 0.398. The van der Waals surface area contributed by atoms with Crippen LogP contribution in [0.3, 0.4) is 0 Å². The van der Waals surface area contributed by atoms with Crippen LogP contribution in [0.25, 0.3) is 0 Å². The zero-order chi connectivity index (χ0) is 14.0. The van der Waals surface area contributed by atoms with Gasteiger partial charge in [0.15, 0.2) is 0 Å². The van der Waals surface area contributed by atoms with Gasteiger partial charge in [0.05, 0.1) is 24.2 Å². The fourth-order valence-electron chi connectivity index (χ4n) is 0.798. The zero-order valence-electron chi connectivity index (χ0n) is 9.59. The first-order chi connectivity index (χ1) is 8.51. The van der Waals surface area contributed by atoms with E-state index < -0.39 is 11.9 Å². The molecule has 0 aromatic heterocycles. The molecule has 98 valence electrons. The van der Waals surface area contributed by atoms with Crippen LogP contribution in [0.15, 0.2) is 0 Å². The number of carboxylic acid groups (broad SMARTS) is 2. The molecular weight excluding hydrogens is 240 g/mol. The first-order valence-corrected chi connectivity index (χ1v) is 5.23. The van der Waals surface area contributed by atoms with Crippen molar-refractivity contribution in [1.82, 2.24) is 10.6 Å². The smallest absolute Gasteiger partial charge is 0.414 e. The van der Waals surface area contributed by atoms with Crippen molar-refractivity contribution in [1.29, 1.82) is 10.5 Å². The first-order valence-electron chi connectivity index (χ1n) is 5.23. The lowest BCUT2D eigenvalue weighted by Gasteiger charge is -2.19. The predicted molar refractivity (Wildman–Crippen MR) is 59.3 cm³/mol. The highest BCUT2D eigenvalue weighted by atomic mass is 16.4. The van der Waals surface area contributed by atoms with Gasteiger partial charge in [-0.15, -0.1) is 0 Å². The molecule has 0 amide bonds. The van der Waals surface area contributed by atoms with Crippen molar-refractivity contribution >= 4 is 11.9 Å². The summed E-state index contributed by atoms with van der Waals surface area (Å²) in [5.41, 5.74) is 0. The summed E-state index contributed by atoms with van der Waals surface area (Å²) < 4.78 is 0. The molecule has 1 unspecified atom stereocenters. The monoisotopic (exact) mass is 254 g/mol. The van der Waals surface area contributed by atoms with Crippen LogP contribution in [-0.2, 0) is 9.59 Å². The number of carboxylic acids is 2. The Morgan fingerprint density at radius 3 is 1.22 bits per heavy atom. The lowest BCUT2D eigenvalue weighted by molar-refractivity contribution is -0.159. The fraction of sp³-hybridized carbons (Fsp3) is 0.600. The Morgan fingerprint density at radius 1 is 0.944 bits per heavy atom. The number of nitrogens with zero attached hydrogens (tertiary/aromatic N) is 2. The van der Waals surface area contributed by atoms with Gasteiger partial charge in [-0.1, -0.05) is 0 Å². The SMILES string of the molecule is N#CC1CCN1.N#C[C@H]1CCN1.O=C(O)C(=O)O. The molecule has 2 aliphatic rings. The highest BCUT2D eigenvalue weighted by Gasteiger charge is 2.13. The van der Waals surface area contributed by atoms with Crippen LogP contribution in [0.1, 0.15) is 12.8 Å². The molecule has 0 aromatic carbocycles. The third-order valence-corrected chi connectivity index (χ3v) is 2.14. The summed E-state index contributed by atoms with van der Waals surface area (Å²) in [5, 5.41) is 36.8. The van der Waals surface area contributed by atoms with E-state index in [0.717, 1.165) is 25.9 Å². The van der Waals surface area contributed by atoms with E-state index in [1.807, 2.05) is 0 Å². The topological polar surface area (TPSA) is 146 Å². The maximum absolute atomic E-state index is 9.10. The molecule has 2 aliphatic heterocycles. The Kier molecular flexibility index (Phi) is 7.86. The van der Waals surface area contributed by atoms with Gasteiger partial charge in [0.2, 0.25) is 0 Å². The molecule has 2 rings (SSSR count). The molecule has 0 aliphatic carbocycles. The van der Waals surface area contributed by atoms with Crippen LogP contribution >= 0.6 is 0 Å². The van der Waals surface area contributed by atoms with Gasteiger partial charge in [0.25, 0.3) is 0 Å². The van der Waals surface area contributed by atoms with E-state index in [2.05, 4.69) is 22.8 Å². The van der Waals surface area contributed by atoms with Gasteiger partial charge >= 0.3 is 11.9 Å². The summed E-state index contributed by atoms with van der Waals surface area (Å²) in [6.45, 7) is 2.05. The Hall–Kier alpha value is -2.16. The molecule has 0 bridgehead atoms. The molecule has 0 aromatic rings. The maximum atomic E-state index is 9.10. The Balaban J connectivity index is 0.000000241. The largest absolute Gasteiger partial charge is 0.473 e. The zero-order valence-corrected chi connectivity index (χ0v) is 9.59. The first kappa shape index (κ1) is 15.8. The van der Waals surface area contributed by atoms with Crippen molar-refractivity contribution in [2.45, 2.75) is 24.9 Å². The molecular formula is C10H14N4O4. The Morgan fingerprint density at radius 2 is 1.22 bits per heavy atom. The van der Waals surface area contributed by atoms with Crippen LogP contribution in [0.2, 0.25) is 0 Å². The van der Waals surface area contributed by atoms with Gasteiger partial charge in [-0.05, 0) is 25.9 Å². The molecule has 0 spiro atoms. The number of hydrogen-bond donors (Lipinski definition) is 4. The molecule has 8 nitrogen and oxygen atoms in total. The minimum Gasteiger partial charge on any atom is -0.473 e. The van der Waals surface area contributed by atoms with Gasteiger partial charge in [-0.25, -0.2) is 9.59 Å². The number of carbonyl (C=O) groups is 2. The molecule has 2 heterocycles. The predicted octanol–water partition coefficient (Wildman–Crippen LogP) is -1.10. The lowest BCUT2D eigenvalue weighted by Crippen LogP contribution is -2.41. The average Bonchev–Trinajstić information content (AvgIpc) is 2.15. The highest BCUT2D eigenvalue weighted by molar-refractivity contribution is 6.27. The van der Waals surface area contributed by atoms with Crippen LogP contribution < -0.4 is 10.6 Å². The van der Waals surface area contributed by atoms with Crippen molar-refractivity contribution in [2.24, 2.45) is 0 Å². The maximum Gasteiger partial charge on any atom is 0.414 e. The van der Waals surface area contributed by atoms with E-state index in [0.29, 0.717) is 0 Å². The minimum atomic E-state index is -1.82. The van der Waals surface area contributed by atoms with E-state index in [1.54, 1.807) is 0 Å². The van der Waals surface area contributed by atoms with E-state index in [9.17, 15) is 0 Å². The standard InChI is InChI=1S/2C4H6N2.C2H2O4/c2*5-3-4-1-2-6-4;3-1(4)2(5)6/h2*4,6H,1-2H2;(H,3,4)(H,5,6)/t4-;;/m1../s1. The van der Waals surface area contributed by atoms with Crippen LogP contribution in [0, 0.1) is 22.7 Å². The molecule has 8 heteroatoms. The third-order valence-electron chi connectivity index (χ3n) is 2.14. The van der Waals surface area contributed by atoms with Crippen molar-refractivity contribution in [2.75, 3.05) is 13.1 Å². The number of aliphatic carboxylic acids is 2. The average molecular weight is 254 g/mol. The van der Waals surface area contributed by atoms with Gasteiger partial charge in [0, 0.05) is 0 Å². The summed E-state index contributed by atoms with van der Waals surface area (Å²) in [5.74, 6) is -3.65. The molecule has 0 saturated carbocycles. The van der Waals surface area contributed by atoms with E-state index in [4.69, 9.17) is 30.3 Å². The minimum absolute atomic E-state index is 0.171. The second-order valence-corrected chi connectivity index (χ2v) is 3.46.